The minimum atomic E-state index is -0.404. The van der Waals surface area contributed by atoms with E-state index >= 15 is 0 Å². The minimum Gasteiger partial charge on any atom is -0.454 e. The van der Waals surface area contributed by atoms with Crippen LogP contribution in [-0.4, -0.2) is 20.7 Å². The average Bonchev–Trinajstić information content (AvgIpc) is 3.28. The zero-order valence-corrected chi connectivity index (χ0v) is 13.4. The normalized spacial score (nSPS) is 12.7. The Kier molecular flexibility index (Phi) is 3.08. The Labute approximate surface area is 146 Å². The predicted octanol–water partition coefficient (Wildman–Crippen LogP) is 3.02. The van der Waals surface area contributed by atoms with Gasteiger partial charge in [0.2, 0.25) is 12.4 Å². The molecule has 1 aliphatic heterocycles. The number of benzene rings is 2. The lowest BCUT2D eigenvalue weighted by Gasteiger charge is -2.05. The van der Waals surface area contributed by atoms with Crippen molar-refractivity contribution >= 4 is 5.65 Å². The van der Waals surface area contributed by atoms with E-state index in [1.54, 1.807) is 35.1 Å². The first-order chi connectivity index (χ1) is 12.7. The SMILES string of the molecule is O=c1c2nc(-c3ccc4c(c3)OCO4)cn2ccn1-c1cccc(F)c1. The number of fused-ring (bicyclic) bond motifs is 2. The summed E-state index contributed by atoms with van der Waals surface area (Å²) < 4.78 is 27.2. The first-order valence-electron chi connectivity index (χ1n) is 7.95. The molecule has 2 aromatic carbocycles. The number of ether oxygens (including phenoxy) is 2. The van der Waals surface area contributed by atoms with Crippen molar-refractivity contribution in [2.24, 2.45) is 0 Å². The van der Waals surface area contributed by atoms with Gasteiger partial charge in [-0.1, -0.05) is 6.07 Å². The van der Waals surface area contributed by atoms with Gasteiger partial charge in [-0.2, -0.15) is 0 Å². The summed E-state index contributed by atoms with van der Waals surface area (Å²) in [5, 5.41) is 0. The number of halogens is 1. The van der Waals surface area contributed by atoms with Gasteiger partial charge in [-0.3, -0.25) is 9.36 Å². The Hall–Kier alpha value is -3.61. The maximum atomic E-state index is 13.5. The number of rotatable bonds is 2. The van der Waals surface area contributed by atoms with Gasteiger partial charge in [-0.05, 0) is 36.4 Å². The molecule has 0 atom stereocenters. The molecule has 6 nitrogen and oxygen atoms in total. The third-order valence-electron chi connectivity index (χ3n) is 4.27. The highest BCUT2D eigenvalue weighted by atomic mass is 19.1. The maximum absolute atomic E-state index is 13.5. The molecule has 0 unspecified atom stereocenters. The molecule has 2 aromatic heterocycles. The Balaban J connectivity index is 1.64. The molecule has 0 aliphatic carbocycles. The number of aromatic nitrogens is 3. The summed E-state index contributed by atoms with van der Waals surface area (Å²) in [6.45, 7) is 0.197. The van der Waals surface area contributed by atoms with Crippen LogP contribution in [0.5, 0.6) is 11.5 Å². The minimum absolute atomic E-state index is 0.197. The van der Waals surface area contributed by atoms with Crippen LogP contribution in [0.15, 0.2) is 65.8 Å². The Bertz CT molecular complexity index is 1210. The predicted molar refractivity (Wildman–Crippen MR) is 92.3 cm³/mol. The largest absolute Gasteiger partial charge is 0.454 e. The Morgan fingerprint density at radius 1 is 1.04 bits per heavy atom. The van der Waals surface area contributed by atoms with Crippen LogP contribution in [0.3, 0.4) is 0 Å². The number of imidazole rings is 1. The van der Waals surface area contributed by atoms with Gasteiger partial charge < -0.3 is 13.9 Å². The first kappa shape index (κ1) is 14.7. The third kappa shape index (κ3) is 2.25. The molecule has 0 saturated heterocycles. The van der Waals surface area contributed by atoms with Gasteiger partial charge in [0.25, 0.3) is 5.56 Å². The lowest BCUT2D eigenvalue weighted by Crippen LogP contribution is -2.20. The summed E-state index contributed by atoms with van der Waals surface area (Å²) in [7, 11) is 0. The van der Waals surface area contributed by atoms with Crippen molar-refractivity contribution in [2.45, 2.75) is 0 Å². The van der Waals surface area contributed by atoms with Gasteiger partial charge in [0, 0.05) is 24.2 Å². The molecule has 0 radical (unpaired) electrons. The van der Waals surface area contributed by atoms with E-state index in [2.05, 4.69) is 4.98 Å². The van der Waals surface area contributed by atoms with E-state index in [0.717, 1.165) is 5.56 Å². The molecule has 1 aliphatic rings. The summed E-state index contributed by atoms with van der Waals surface area (Å²) >= 11 is 0. The van der Waals surface area contributed by atoms with Crippen LogP contribution in [-0.2, 0) is 0 Å². The zero-order chi connectivity index (χ0) is 17.7. The summed E-state index contributed by atoms with van der Waals surface area (Å²) in [5.74, 6) is 0.932. The monoisotopic (exact) mass is 349 g/mol. The molecular formula is C19H12FN3O3. The van der Waals surface area contributed by atoms with Gasteiger partial charge in [0.15, 0.2) is 11.5 Å². The van der Waals surface area contributed by atoms with Crippen LogP contribution in [0.2, 0.25) is 0 Å². The summed E-state index contributed by atoms with van der Waals surface area (Å²) in [5.41, 5.74) is 1.83. The summed E-state index contributed by atoms with van der Waals surface area (Å²) in [6.07, 6.45) is 5.07. The molecule has 0 spiro atoms. The summed E-state index contributed by atoms with van der Waals surface area (Å²) in [6, 6.07) is 11.4. The number of hydrogen-bond acceptors (Lipinski definition) is 4. The third-order valence-corrected chi connectivity index (χ3v) is 4.27. The Morgan fingerprint density at radius 3 is 2.81 bits per heavy atom. The van der Waals surface area contributed by atoms with Crippen molar-refractivity contribution in [1.82, 2.24) is 14.0 Å². The molecule has 5 rings (SSSR count). The quantitative estimate of drug-likeness (QED) is 0.558. The van der Waals surface area contributed by atoms with E-state index in [9.17, 15) is 9.18 Å². The molecule has 3 heterocycles. The van der Waals surface area contributed by atoms with Gasteiger partial charge >= 0.3 is 0 Å². The average molecular weight is 349 g/mol. The van der Waals surface area contributed by atoms with Crippen LogP contribution < -0.4 is 15.0 Å². The first-order valence-corrected chi connectivity index (χ1v) is 7.95. The Morgan fingerprint density at radius 2 is 1.92 bits per heavy atom. The van der Waals surface area contributed by atoms with E-state index in [-0.39, 0.29) is 18.0 Å². The second-order valence-corrected chi connectivity index (χ2v) is 5.88. The van der Waals surface area contributed by atoms with E-state index in [0.29, 0.717) is 22.9 Å². The topological polar surface area (TPSA) is 57.8 Å². The highest BCUT2D eigenvalue weighted by Gasteiger charge is 2.16. The smallest absolute Gasteiger partial charge is 0.298 e. The molecule has 26 heavy (non-hydrogen) atoms. The number of nitrogens with zero attached hydrogens (tertiary/aromatic N) is 3. The van der Waals surface area contributed by atoms with Crippen molar-refractivity contribution in [1.29, 1.82) is 0 Å². The van der Waals surface area contributed by atoms with Gasteiger partial charge in [-0.25, -0.2) is 9.37 Å². The molecule has 0 amide bonds. The van der Waals surface area contributed by atoms with Gasteiger partial charge in [0.05, 0.1) is 11.4 Å². The van der Waals surface area contributed by atoms with Crippen LogP contribution >= 0.6 is 0 Å². The van der Waals surface area contributed by atoms with E-state index < -0.39 is 5.82 Å². The zero-order valence-electron chi connectivity index (χ0n) is 13.4. The van der Waals surface area contributed by atoms with Crippen molar-refractivity contribution in [3.8, 4) is 28.4 Å². The molecule has 4 aromatic rings. The number of hydrogen-bond donors (Lipinski definition) is 0. The maximum Gasteiger partial charge on any atom is 0.298 e. The van der Waals surface area contributed by atoms with Gasteiger partial charge in [-0.15, -0.1) is 0 Å². The van der Waals surface area contributed by atoms with Crippen molar-refractivity contribution < 1.29 is 13.9 Å². The van der Waals surface area contributed by atoms with Crippen LogP contribution in [0.4, 0.5) is 4.39 Å². The fourth-order valence-electron chi connectivity index (χ4n) is 3.00. The van der Waals surface area contributed by atoms with Crippen LogP contribution in [0, 0.1) is 5.82 Å². The van der Waals surface area contributed by atoms with Gasteiger partial charge in [0.1, 0.15) is 5.82 Å². The van der Waals surface area contributed by atoms with Crippen LogP contribution in [0.1, 0.15) is 0 Å². The molecule has 0 N–H and O–H groups in total. The lowest BCUT2D eigenvalue weighted by atomic mass is 10.1. The fraction of sp³-hybridized carbons (Fsp3) is 0.0526. The summed E-state index contributed by atoms with van der Waals surface area (Å²) in [4.78, 5) is 17.2. The van der Waals surface area contributed by atoms with Crippen molar-refractivity contribution in [2.75, 3.05) is 6.79 Å². The highest BCUT2D eigenvalue weighted by Crippen LogP contribution is 2.35. The van der Waals surface area contributed by atoms with E-state index in [1.165, 1.54) is 16.7 Å². The molecule has 7 heteroatoms. The standard InChI is InChI=1S/C19H12FN3O3/c20-13-2-1-3-14(9-13)23-7-6-22-10-15(21-18(22)19(23)24)12-4-5-16-17(8-12)26-11-25-16/h1-10H,11H2. The molecular weight excluding hydrogens is 337 g/mol. The fourth-order valence-corrected chi connectivity index (χ4v) is 3.00. The van der Waals surface area contributed by atoms with Crippen molar-refractivity contribution in [3.05, 3.63) is 77.2 Å². The second-order valence-electron chi connectivity index (χ2n) is 5.88. The second kappa shape index (κ2) is 5.45. The van der Waals surface area contributed by atoms with Crippen LogP contribution in [0.25, 0.3) is 22.6 Å². The van der Waals surface area contributed by atoms with E-state index in [4.69, 9.17) is 9.47 Å². The molecule has 0 fully saturated rings. The molecule has 0 saturated carbocycles. The highest BCUT2D eigenvalue weighted by molar-refractivity contribution is 5.66. The van der Waals surface area contributed by atoms with E-state index in [1.807, 2.05) is 18.2 Å². The lowest BCUT2D eigenvalue weighted by molar-refractivity contribution is 0.174. The molecule has 0 bridgehead atoms. The molecule has 128 valence electrons. The van der Waals surface area contributed by atoms with Crippen molar-refractivity contribution in [3.63, 3.8) is 0 Å².